The van der Waals surface area contributed by atoms with E-state index in [2.05, 4.69) is 16.8 Å². The van der Waals surface area contributed by atoms with Crippen LogP contribution in [0.25, 0.3) is 22.3 Å². The van der Waals surface area contributed by atoms with Gasteiger partial charge in [0.05, 0.1) is 52.1 Å². The number of fused-ring (bicyclic) bond motifs is 5. The van der Waals surface area contributed by atoms with Crippen molar-refractivity contribution >= 4 is 34.6 Å². The molecule has 0 spiro atoms. The van der Waals surface area contributed by atoms with E-state index < -0.39 is 11.6 Å². The van der Waals surface area contributed by atoms with Gasteiger partial charge in [-0.2, -0.15) is 0 Å². The molecule has 1 aromatic carbocycles. The molecule has 32 heavy (non-hydrogen) atoms. The van der Waals surface area contributed by atoms with Gasteiger partial charge in [-0.3, -0.25) is 4.79 Å². The highest BCUT2D eigenvalue weighted by atomic mass is 16.6. The number of esters is 1. The fourth-order valence-corrected chi connectivity index (χ4v) is 5.11. The largest absolute Gasteiger partial charge is 0.458 e. The van der Waals surface area contributed by atoms with Crippen LogP contribution in [-0.4, -0.2) is 33.5 Å². The number of rotatable bonds is 3. The van der Waals surface area contributed by atoms with Crippen molar-refractivity contribution in [3.63, 3.8) is 0 Å². The Hall–Kier alpha value is -3.52. The van der Waals surface area contributed by atoms with Crippen molar-refractivity contribution in [2.75, 3.05) is 11.4 Å². The van der Waals surface area contributed by atoms with E-state index in [9.17, 15) is 14.7 Å². The summed E-state index contributed by atoms with van der Waals surface area (Å²) in [6, 6.07) is 7.60. The van der Waals surface area contributed by atoms with E-state index in [4.69, 9.17) is 9.72 Å². The Labute approximate surface area is 183 Å². The third-order valence-electron chi connectivity index (χ3n) is 6.75. The quantitative estimate of drug-likeness (QED) is 0.502. The third kappa shape index (κ3) is 2.30. The van der Waals surface area contributed by atoms with E-state index in [1.807, 2.05) is 24.5 Å². The Kier molecular flexibility index (Phi) is 3.89. The number of anilines is 1. The molecule has 6 rings (SSSR count). The number of nitrogens with zero attached hydrogens (tertiary/aromatic N) is 4. The van der Waals surface area contributed by atoms with Crippen LogP contribution in [0.3, 0.4) is 0 Å². The predicted molar refractivity (Wildman–Crippen MR) is 120 cm³/mol. The maximum absolute atomic E-state index is 13.5. The molecule has 5 heterocycles. The summed E-state index contributed by atoms with van der Waals surface area (Å²) < 4.78 is 6.84. The highest BCUT2D eigenvalue weighted by Gasteiger charge is 2.45. The molecule has 0 unspecified atom stereocenters. The number of aliphatic imine (C=N–C) groups is 1. The molecule has 0 saturated carbocycles. The number of hydrogen-bond donors (Lipinski definition) is 1. The van der Waals surface area contributed by atoms with Gasteiger partial charge < -0.3 is 19.3 Å². The lowest BCUT2D eigenvalue weighted by atomic mass is 9.86. The number of aliphatic hydroxyl groups is 1. The summed E-state index contributed by atoms with van der Waals surface area (Å²) in [5.74, 6) is -0.716. The minimum absolute atomic E-state index is 0.120. The minimum Gasteiger partial charge on any atom is -0.458 e. The zero-order chi connectivity index (χ0) is 22.2. The van der Waals surface area contributed by atoms with Crippen LogP contribution in [0, 0.1) is 0 Å². The summed E-state index contributed by atoms with van der Waals surface area (Å²) in [4.78, 5) is 37.5. The second kappa shape index (κ2) is 6.49. The average Bonchev–Trinajstić information content (AvgIpc) is 3.17. The SMILES string of the molecule is CCCN1C=Nc2cccc3nc4c(c1c23)Cn1c-4cc2c(c1=O)COC(=O)[C@]2(O)CC. The zero-order valence-corrected chi connectivity index (χ0v) is 17.9. The van der Waals surface area contributed by atoms with E-state index in [0.717, 1.165) is 40.8 Å². The van der Waals surface area contributed by atoms with Gasteiger partial charge in [-0.15, -0.1) is 0 Å². The van der Waals surface area contributed by atoms with Gasteiger partial charge in [0.15, 0.2) is 5.60 Å². The molecule has 1 N–H and O–H groups in total. The van der Waals surface area contributed by atoms with E-state index in [0.29, 0.717) is 29.1 Å². The van der Waals surface area contributed by atoms with E-state index in [1.165, 1.54) is 0 Å². The van der Waals surface area contributed by atoms with Crippen molar-refractivity contribution in [1.29, 1.82) is 0 Å². The van der Waals surface area contributed by atoms with Crippen LogP contribution in [0.1, 0.15) is 43.4 Å². The fourth-order valence-electron chi connectivity index (χ4n) is 5.11. The molecule has 1 atom stereocenters. The maximum atomic E-state index is 13.5. The van der Waals surface area contributed by atoms with Crippen molar-refractivity contribution in [2.24, 2.45) is 4.99 Å². The van der Waals surface area contributed by atoms with E-state index in [-0.39, 0.29) is 18.6 Å². The van der Waals surface area contributed by atoms with Crippen molar-refractivity contribution in [1.82, 2.24) is 9.55 Å². The average molecular weight is 430 g/mol. The molecule has 162 valence electrons. The molecule has 3 aliphatic rings. The Morgan fingerprint density at radius 1 is 1.22 bits per heavy atom. The summed E-state index contributed by atoms with van der Waals surface area (Å²) in [7, 11) is 0. The van der Waals surface area contributed by atoms with Gasteiger partial charge in [0, 0.05) is 17.7 Å². The Morgan fingerprint density at radius 2 is 2.06 bits per heavy atom. The van der Waals surface area contributed by atoms with Crippen LogP contribution in [0.15, 0.2) is 34.1 Å². The molecule has 0 saturated heterocycles. The lowest BCUT2D eigenvalue weighted by Gasteiger charge is -2.31. The number of carbonyl (C=O) groups excluding carboxylic acids is 1. The number of ether oxygens (including phenoxy) is 1. The summed E-state index contributed by atoms with van der Waals surface area (Å²) in [6.45, 7) is 4.85. The van der Waals surface area contributed by atoms with Crippen LogP contribution >= 0.6 is 0 Å². The lowest BCUT2D eigenvalue weighted by molar-refractivity contribution is -0.172. The smallest absolute Gasteiger partial charge is 0.343 e. The first-order chi connectivity index (χ1) is 15.5. The summed E-state index contributed by atoms with van der Waals surface area (Å²) >= 11 is 0. The summed E-state index contributed by atoms with van der Waals surface area (Å²) in [5.41, 5.74) is 3.55. The number of pyridine rings is 2. The molecule has 0 bridgehead atoms. The van der Waals surface area contributed by atoms with Crippen molar-refractivity contribution in [3.05, 3.63) is 51.3 Å². The summed E-state index contributed by atoms with van der Waals surface area (Å²) in [6.07, 6.45) is 2.91. The molecule has 0 radical (unpaired) electrons. The molecule has 0 fully saturated rings. The highest BCUT2D eigenvalue weighted by molar-refractivity contribution is 6.11. The first kappa shape index (κ1) is 19.2. The van der Waals surface area contributed by atoms with Crippen molar-refractivity contribution in [2.45, 2.75) is 45.4 Å². The zero-order valence-electron chi connectivity index (χ0n) is 17.9. The number of hydrogen-bond acceptors (Lipinski definition) is 7. The molecular formula is C24H22N4O4. The number of benzene rings is 1. The van der Waals surface area contributed by atoms with Crippen molar-refractivity contribution in [3.8, 4) is 11.4 Å². The first-order valence-electron chi connectivity index (χ1n) is 10.9. The molecule has 3 aliphatic heterocycles. The monoisotopic (exact) mass is 430 g/mol. The Bertz CT molecular complexity index is 1420. The molecule has 3 aromatic rings. The minimum atomic E-state index is -1.83. The van der Waals surface area contributed by atoms with Gasteiger partial charge in [0.1, 0.15) is 6.61 Å². The maximum Gasteiger partial charge on any atom is 0.343 e. The van der Waals surface area contributed by atoms with Crippen LogP contribution in [-0.2, 0) is 28.3 Å². The fraction of sp³-hybridized carbons (Fsp3) is 0.333. The van der Waals surface area contributed by atoms with Gasteiger partial charge in [0.25, 0.3) is 5.56 Å². The summed E-state index contributed by atoms with van der Waals surface area (Å²) in [5, 5.41) is 12.0. The second-order valence-corrected chi connectivity index (χ2v) is 8.50. The Balaban J connectivity index is 1.67. The van der Waals surface area contributed by atoms with Crippen LogP contribution in [0.2, 0.25) is 0 Å². The van der Waals surface area contributed by atoms with Crippen molar-refractivity contribution < 1.29 is 14.6 Å². The molecule has 0 amide bonds. The molecular weight excluding hydrogens is 408 g/mol. The van der Waals surface area contributed by atoms with Crippen LogP contribution in [0.4, 0.5) is 11.4 Å². The number of carbonyl (C=O) groups is 1. The normalized spacial score (nSPS) is 20.2. The first-order valence-corrected chi connectivity index (χ1v) is 10.9. The highest BCUT2D eigenvalue weighted by Crippen LogP contribution is 2.46. The van der Waals surface area contributed by atoms with Gasteiger partial charge in [-0.05, 0) is 31.0 Å². The van der Waals surface area contributed by atoms with Crippen LogP contribution < -0.4 is 10.5 Å². The molecule has 0 aliphatic carbocycles. The van der Waals surface area contributed by atoms with E-state index in [1.54, 1.807) is 17.6 Å². The lowest BCUT2D eigenvalue weighted by Crippen LogP contribution is -2.44. The molecule has 8 nitrogen and oxygen atoms in total. The van der Waals surface area contributed by atoms with E-state index >= 15 is 0 Å². The van der Waals surface area contributed by atoms with Gasteiger partial charge in [-0.1, -0.05) is 19.9 Å². The number of aromatic nitrogens is 2. The molecule has 8 heteroatoms. The predicted octanol–water partition coefficient (Wildman–Crippen LogP) is 2.97. The molecule has 2 aromatic heterocycles. The number of cyclic esters (lactones) is 1. The topological polar surface area (TPSA) is 97.0 Å². The second-order valence-electron chi connectivity index (χ2n) is 8.50. The third-order valence-corrected chi connectivity index (χ3v) is 6.75. The standard InChI is InChI=1S/C24H22N4O4/c1-3-8-27-12-25-16-6-5-7-17-19(16)21(27)13-10-28-18(20(13)26-17)9-15-14(22(28)29)11-32-23(30)24(15,31)4-2/h5-7,9,12,31H,3-4,8,10-11H2,1-2H3/t24-/m0/s1. The van der Waals surface area contributed by atoms with Gasteiger partial charge >= 0.3 is 5.97 Å². The van der Waals surface area contributed by atoms with Gasteiger partial charge in [-0.25, -0.2) is 14.8 Å². The van der Waals surface area contributed by atoms with Crippen LogP contribution in [0.5, 0.6) is 0 Å². The Morgan fingerprint density at radius 3 is 2.84 bits per heavy atom. The van der Waals surface area contributed by atoms with Gasteiger partial charge in [0.2, 0.25) is 0 Å².